The monoisotopic (exact) mass is 442 g/mol. The van der Waals surface area contributed by atoms with Gasteiger partial charge in [0.2, 0.25) is 0 Å². The normalized spacial score (nSPS) is 10.7. The second kappa shape index (κ2) is 9.35. The number of halogens is 2. The SMILES string of the molecule is O=C(NN=Cc1ccccc1Br)c1ccc(OCc2ccc(Cl)cc2)cc1. The van der Waals surface area contributed by atoms with Crippen LogP contribution in [0.5, 0.6) is 5.75 Å². The molecular weight excluding hydrogens is 428 g/mol. The quantitative estimate of drug-likeness (QED) is 0.407. The van der Waals surface area contributed by atoms with Crippen molar-refractivity contribution < 1.29 is 9.53 Å². The first-order valence-electron chi connectivity index (χ1n) is 8.17. The lowest BCUT2D eigenvalue weighted by Gasteiger charge is -2.07. The lowest BCUT2D eigenvalue weighted by atomic mass is 10.2. The molecule has 136 valence electrons. The minimum atomic E-state index is -0.289. The molecule has 0 aliphatic heterocycles. The molecule has 3 aromatic rings. The van der Waals surface area contributed by atoms with Crippen LogP contribution >= 0.6 is 27.5 Å². The molecule has 27 heavy (non-hydrogen) atoms. The van der Waals surface area contributed by atoms with Crippen molar-refractivity contribution >= 4 is 39.7 Å². The predicted molar refractivity (Wildman–Crippen MR) is 111 cm³/mol. The van der Waals surface area contributed by atoms with Crippen LogP contribution in [0.4, 0.5) is 0 Å². The first-order valence-corrected chi connectivity index (χ1v) is 9.34. The Balaban J connectivity index is 1.54. The van der Waals surface area contributed by atoms with Crippen molar-refractivity contribution in [2.45, 2.75) is 6.61 Å². The van der Waals surface area contributed by atoms with Crippen LogP contribution in [0.2, 0.25) is 5.02 Å². The van der Waals surface area contributed by atoms with E-state index in [2.05, 4.69) is 26.5 Å². The van der Waals surface area contributed by atoms with Crippen molar-refractivity contribution in [1.82, 2.24) is 5.43 Å². The van der Waals surface area contributed by atoms with E-state index < -0.39 is 0 Å². The molecule has 1 N–H and O–H groups in total. The Kier molecular flexibility index (Phi) is 6.63. The van der Waals surface area contributed by atoms with Crippen LogP contribution in [0.25, 0.3) is 0 Å². The minimum absolute atomic E-state index is 0.289. The maximum Gasteiger partial charge on any atom is 0.271 e. The van der Waals surface area contributed by atoms with E-state index in [1.165, 1.54) is 0 Å². The Morgan fingerprint density at radius 2 is 1.74 bits per heavy atom. The fourth-order valence-electron chi connectivity index (χ4n) is 2.25. The lowest BCUT2D eigenvalue weighted by molar-refractivity contribution is 0.0955. The van der Waals surface area contributed by atoms with Gasteiger partial charge in [-0.3, -0.25) is 4.79 Å². The number of hydrazone groups is 1. The van der Waals surface area contributed by atoms with Crippen molar-refractivity contribution in [1.29, 1.82) is 0 Å². The van der Waals surface area contributed by atoms with Gasteiger partial charge < -0.3 is 4.74 Å². The average Bonchev–Trinajstić information content (AvgIpc) is 2.69. The second-order valence-corrected chi connectivity index (χ2v) is 6.95. The summed E-state index contributed by atoms with van der Waals surface area (Å²) in [6.07, 6.45) is 1.59. The smallest absolute Gasteiger partial charge is 0.271 e. The molecule has 0 fully saturated rings. The van der Waals surface area contributed by atoms with Gasteiger partial charge in [0.05, 0.1) is 6.21 Å². The highest BCUT2D eigenvalue weighted by molar-refractivity contribution is 9.10. The van der Waals surface area contributed by atoms with Gasteiger partial charge in [0, 0.05) is 20.6 Å². The summed E-state index contributed by atoms with van der Waals surface area (Å²) < 4.78 is 6.62. The minimum Gasteiger partial charge on any atom is -0.489 e. The number of rotatable bonds is 6. The van der Waals surface area contributed by atoms with E-state index in [1.807, 2.05) is 48.5 Å². The van der Waals surface area contributed by atoms with Crippen LogP contribution in [0.15, 0.2) is 82.4 Å². The summed E-state index contributed by atoms with van der Waals surface area (Å²) in [5, 5.41) is 4.68. The Bertz CT molecular complexity index is 941. The molecule has 0 saturated heterocycles. The molecule has 0 aliphatic rings. The molecule has 0 heterocycles. The molecule has 3 rings (SSSR count). The van der Waals surface area contributed by atoms with Crippen LogP contribution in [0, 0.1) is 0 Å². The van der Waals surface area contributed by atoms with Crippen LogP contribution in [0.1, 0.15) is 21.5 Å². The van der Waals surface area contributed by atoms with E-state index >= 15 is 0 Å². The van der Waals surface area contributed by atoms with Crippen LogP contribution in [-0.2, 0) is 6.61 Å². The number of hydrogen-bond donors (Lipinski definition) is 1. The number of hydrogen-bond acceptors (Lipinski definition) is 3. The fraction of sp³-hybridized carbons (Fsp3) is 0.0476. The summed E-state index contributed by atoms with van der Waals surface area (Å²) in [7, 11) is 0. The van der Waals surface area contributed by atoms with E-state index in [0.29, 0.717) is 22.9 Å². The Morgan fingerprint density at radius 1 is 1.04 bits per heavy atom. The number of carbonyl (C=O) groups excluding carboxylic acids is 1. The molecular formula is C21H16BrClN2O2. The number of nitrogens with one attached hydrogen (secondary N) is 1. The first kappa shape index (κ1) is 19.1. The maximum absolute atomic E-state index is 12.2. The third-order valence-corrected chi connectivity index (χ3v) is 4.68. The number of amides is 1. The Hall–Kier alpha value is -2.63. The number of benzene rings is 3. The summed E-state index contributed by atoms with van der Waals surface area (Å²) in [5.41, 5.74) is 4.91. The van der Waals surface area contributed by atoms with E-state index in [9.17, 15) is 4.79 Å². The van der Waals surface area contributed by atoms with Gasteiger partial charge in [0.1, 0.15) is 12.4 Å². The molecule has 0 spiro atoms. The summed E-state index contributed by atoms with van der Waals surface area (Å²) in [6, 6.07) is 22.0. The first-order chi connectivity index (χ1) is 13.1. The predicted octanol–water partition coefficient (Wildman–Crippen LogP) is 5.45. The van der Waals surface area contributed by atoms with Gasteiger partial charge in [0.15, 0.2) is 0 Å². The van der Waals surface area contributed by atoms with Crippen LogP contribution in [0.3, 0.4) is 0 Å². The van der Waals surface area contributed by atoms with Gasteiger partial charge in [-0.05, 0) is 48.0 Å². The molecule has 0 bridgehead atoms. The van der Waals surface area contributed by atoms with E-state index in [-0.39, 0.29) is 5.91 Å². The molecule has 6 heteroatoms. The number of ether oxygens (including phenoxy) is 1. The van der Waals surface area contributed by atoms with Crippen molar-refractivity contribution in [3.05, 3.63) is 99.0 Å². The number of nitrogens with zero attached hydrogens (tertiary/aromatic N) is 1. The highest BCUT2D eigenvalue weighted by atomic mass is 79.9. The summed E-state index contributed by atoms with van der Waals surface area (Å²) >= 11 is 9.29. The lowest BCUT2D eigenvalue weighted by Crippen LogP contribution is -2.17. The van der Waals surface area contributed by atoms with Gasteiger partial charge in [0.25, 0.3) is 5.91 Å². The van der Waals surface area contributed by atoms with E-state index in [0.717, 1.165) is 15.6 Å². The van der Waals surface area contributed by atoms with Crippen molar-refractivity contribution in [2.24, 2.45) is 5.10 Å². The number of carbonyl (C=O) groups is 1. The Labute approximate surface area is 171 Å². The molecule has 0 aliphatic carbocycles. The zero-order chi connectivity index (χ0) is 19.1. The van der Waals surface area contributed by atoms with Gasteiger partial charge in [-0.2, -0.15) is 5.10 Å². The zero-order valence-corrected chi connectivity index (χ0v) is 16.6. The highest BCUT2D eigenvalue weighted by Gasteiger charge is 2.05. The molecule has 0 unspecified atom stereocenters. The third-order valence-electron chi connectivity index (χ3n) is 3.71. The molecule has 1 amide bonds. The van der Waals surface area contributed by atoms with E-state index in [4.69, 9.17) is 16.3 Å². The van der Waals surface area contributed by atoms with Gasteiger partial charge in [-0.15, -0.1) is 0 Å². The van der Waals surface area contributed by atoms with Crippen molar-refractivity contribution in [2.75, 3.05) is 0 Å². The van der Waals surface area contributed by atoms with Gasteiger partial charge in [-0.1, -0.05) is 57.9 Å². The second-order valence-electron chi connectivity index (χ2n) is 5.66. The highest BCUT2D eigenvalue weighted by Crippen LogP contribution is 2.16. The van der Waals surface area contributed by atoms with Crippen LogP contribution in [-0.4, -0.2) is 12.1 Å². The third kappa shape index (κ3) is 5.67. The molecule has 0 radical (unpaired) electrons. The standard InChI is InChI=1S/C21H16BrClN2O2/c22-20-4-2-1-3-17(20)13-24-25-21(26)16-7-11-19(12-8-16)27-14-15-5-9-18(23)10-6-15/h1-13H,14H2,(H,25,26). The van der Waals surface area contributed by atoms with Crippen molar-refractivity contribution in [3.63, 3.8) is 0 Å². The van der Waals surface area contributed by atoms with Crippen molar-refractivity contribution in [3.8, 4) is 5.75 Å². The van der Waals surface area contributed by atoms with Gasteiger partial charge >= 0.3 is 0 Å². The summed E-state index contributed by atoms with van der Waals surface area (Å²) in [4.78, 5) is 12.2. The average molecular weight is 444 g/mol. The topological polar surface area (TPSA) is 50.7 Å². The summed E-state index contributed by atoms with van der Waals surface area (Å²) in [5.74, 6) is 0.390. The molecule has 3 aromatic carbocycles. The summed E-state index contributed by atoms with van der Waals surface area (Å²) in [6.45, 7) is 0.430. The van der Waals surface area contributed by atoms with Crippen LogP contribution < -0.4 is 10.2 Å². The van der Waals surface area contributed by atoms with Gasteiger partial charge in [-0.25, -0.2) is 5.43 Å². The molecule has 0 saturated carbocycles. The maximum atomic E-state index is 12.2. The largest absolute Gasteiger partial charge is 0.489 e. The zero-order valence-electron chi connectivity index (χ0n) is 14.2. The molecule has 4 nitrogen and oxygen atoms in total. The van der Waals surface area contributed by atoms with E-state index in [1.54, 1.807) is 30.5 Å². The molecule has 0 aromatic heterocycles. The fourth-order valence-corrected chi connectivity index (χ4v) is 2.77. The molecule has 0 atom stereocenters. The Morgan fingerprint density at radius 3 is 2.44 bits per heavy atom.